The Morgan fingerprint density at radius 1 is 0.812 bits per heavy atom. The second-order valence-corrected chi connectivity index (χ2v) is 6.55. The fraction of sp³-hybridized carbons (Fsp3) is 0.125. The minimum Gasteiger partial charge on any atom is -0.497 e. The summed E-state index contributed by atoms with van der Waals surface area (Å²) in [6.45, 7) is 0. The van der Waals surface area contributed by atoms with Crippen LogP contribution in [0.15, 0.2) is 71.8 Å². The molecule has 32 heavy (non-hydrogen) atoms. The number of ether oxygens (including phenoxy) is 3. The van der Waals surface area contributed by atoms with Crippen LogP contribution in [0.25, 0.3) is 0 Å². The van der Waals surface area contributed by atoms with Crippen LogP contribution in [-0.2, 0) is 0 Å². The summed E-state index contributed by atoms with van der Waals surface area (Å²) in [5.74, 6) is 0.762. The summed E-state index contributed by atoms with van der Waals surface area (Å²) in [6, 6.07) is 18.7. The molecule has 0 atom stereocenters. The molecule has 2 N–H and O–H groups in total. The first-order valence-corrected chi connectivity index (χ1v) is 9.65. The van der Waals surface area contributed by atoms with E-state index in [0.717, 1.165) is 5.56 Å². The number of carbonyl (C=O) groups excluding carboxylic acids is 2. The second kappa shape index (κ2) is 10.6. The van der Waals surface area contributed by atoms with E-state index in [1.165, 1.54) is 20.4 Å². The molecule has 0 bridgehead atoms. The van der Waals surface area contributed by atoms with E-state index in [-0.39, 0.29) is 5.56 Å². The van der Waals surface area contributed by atoms with Crippen LogP contribution in [0.1, 0.15) is 26.3 Å². The zero-order valence-corrected chi connectivity index (χ0v) is 17.9. The third-order valence-electron chi connectivity index (χ3n) is 4.54. The molecule has 8 heteroatoms. The SMILES string of the molecule is COc1cccc(C=NNC(=O)c2ccccc2NC(=O)c2ccc(OC)c(OC)c2)c1. The van der Waals surface area contributed by atoms with Crippen molar-refractivity contribution < 1.29 is 23.8 Å². The molecule has 0 saturated carbocycles. The van der Waals surface area contributed by atoms with Gasteiger partial charge in [0.15, 0.2) is 11.5 Å². The number of anilines is 1. The molecule has 0 aromatic heterocycles. The van der Waals surface area contributed by atoms with Crippen molar-refractivity contribution in [2.45, 2.75) is 0 Å². The molecule has 3 aromatic carbocycles. The summed E-state index contributed by atoms with van der Waals surface area (Å²) in [6.07, 6.45) is 1.51. The summed E-state index contributed by atoms with van der Waals surface area (Å²) in [5, 5.41) is 6.75. The van der Waals surface area contributed by atoms with Gasteiger partial charge in [-0.2, -0.15) is 5.10 Å². The van der Waals surface area contributed by atoms with Gasteiger partial charge < -0.3 is 19.5 Å². The Morgan fingerprint density at radius 2 is 1.59 bits per heavy atom. The van der Waals surface area contributed by atoms with Gasteiger partial charge in [-0.3, -0.25) is 9.59 Å². The maximum atomic E-state index is 12.7. The molecule has 0 unspecified atom stereocenters. The van der Waals surface area contributed by atoms with Crippen LogP contribution in [0, 0.1) is 0 Å². The van der Waals surface area contributed by atoms with Crippen molar-refractivity contribution in [2.24, 2.45) is 5.10 Å². The predicted octanol–water partition coefficient (Wildman–Crippen LogP) is 3.73. The van der Waals surface area contributed by atoms with Gasteiger partial charge in [-0.25, -0.2) is 5.43 Å². The van der Waals surface area contributed by atoms with Gasteiger partial charge in [-0.15, -0.1) is 0 Å². The van der Waals surface area contributed by atoms with Gasteiger partial charge >= 0.3 is 0 Å². The molecule has 3 rings (SSSR count). The van der Waals surface area contributed by atoms with Crippen molar-refractivity contribution in [2.75, 3.05) is 26.6 Å². The molecule has 0 aliphatic carbocycles. The third kappa shape index (κ3) is 5.42. The highest BCUT2D eigenvalue weighted by atomic mass is 16.5. The van der Waals surface area contributed by atoms with Crippen molar-refractivity contribution in [1.82, 2.24) is 5.43 Å². The van der Waals surface area contributed by atoms with E-state index in [2.05, 4.69) is 15.8 Å². The Morgan fingerprint density at radius 3 is 2.34 bits per heavy atom. The lowest BCUT2D eigenvalue weighted by Crippen LogP contribution is -2.21. The van der Waals surface area contributed by atoms with Crippen LogP contribution in [0.3, 0.4) is 0 Å². The van der Waals surface area contributed by atoms with Crippen LogP contribution in [-0.4, -0.2) is 39.4 Å². The molecule has 0 saturated heterocycles. The number of hydrazone groups is 1. The van der Waals surface area contributed by atoms with E-state index < -0.39 is 11.8 Å². The Balaban J connectivity index is 1.73. The minimum atomic E-state index is -0.465. The largest absolute Gasteiger partial charge is 0.497 e. The first-order valence-electron chi connectivity index (χ1n) is 9.65. The minimum absolute atomic E-state index is 0.268. The van der Waals surface area contributed by atoms with E-state index in [9.17, 15) is 9.59 Å². The normalized spacial score (nSPS) is 10.5. The zero-order valence-electron chi connectivity index (χ0n) is 17.9. The van der Waals surface area contributed by atoms with Crippen LogP contribution >= 0.6 is 0 Å². The number of amides is 2. The zero-order chi connectivity index (χ0) is 22.9. The van der Waals surface area contributed by atoms with Gasteiger partial charge in [-0.1, -0.05) is 24.3 Å². The molecule has 3 aromatic rings. The molecular formula is C24H23N3O5. The number of carbonyl (C=O) groups is 2. The number of benzene rings is 3. The number of para-hydroxylation sites is 1. The Hall–Kier alpha value is -4.33. The molecular weight excluding hydrogens is 410 g/mol. The quantitative estimate of drug-likeness (QED) is 0.417. The van der Waals surface area contributed by atoms with Crippen LogP contribution in [0.2, 0.25) is 0 Å². The molecule has 0 aliphatic heterocycles. The molecule has 0 heterocycles. The van der Waals surface area contributed by atoms with Crippen molar-refractivity contribution in [3.8, 4) is 17.2 Å². The van der Waals surface area contributed by atoms with E-state index in [1.807, 2.05) is 18.2 Å². The van der Waals surface area contributed by atoms with Crippen LogP contribution in [0.5, 0.6) is 17.2 Å². The summed E-state index contributed by atoms with van der Waals surface area (Å²) in [4.78, 5) is 25.4. The van der Waals surface area contributed by atoms with Gasteiger partial charge in [0.05, 0.1) is 38.8 Å². The number of hydrogen-bond acceptors (Lipinski definition) is 6. The highest BCUT2D eigenvalue weighted by Gasteiger charge is 2.15. The monoisotopic (exact) mass is 433 g/mol. The van der Waals surface area contributed by atoms with Gasteiger partial charge in [0.25, 0.3) is 11.8 Å². The van der Waals surface area contributed by atoms with Gasteiger partial charge in [0.2, 0.25) is 0 Å². The fourth-order valence-corrected chi connectivity index (χ4v) is 2.91. The van der Waals surface area contributed by atoms with Crippen molar-refractivity contribution in [3.63, 3.8) is 0 Å². The maximum absolute atomic E-state index is 12.7. The summed E-state index contributed by atoms with van der Waals surface area (Å²) < 4.78 is 15.6. The molecule has 2 amide bonds. The molecule has 0 radical (unpaired) electrons. The van der Waals surface area contributed by atoms with Gasteiger partial charge in [0, 0.05) is 5.56 Å². The Bertz CT molecular complexity index is 1140. The number of nitrogens with one attached hydrogen (secondary N) is 2. The first kappa shape index (κ1) is 22.4. The lowest BCUT2D eigenvalue weighted by atomic mass is 10.1. The highest BCUT2D eigenvalue weighted by Crippen LogP contribution is 2.28. The van der Waals surface area contributed by atoms with E-state index in [4.69, 9.17) is 14.2 Å². The summed E-state index contributed by atoms with van der Waals surface area (Å²) in [7, 11) is 4.58. The lowest BCUT2D eigenvalue weighted by molar-refractivity contribution is 0.0956. The summed E-state index contributed by atoms with van der Waals surface area (Å²) >= 11 is 0. The lowest BCUT2D eigenvalue weighted by Gasteiger charge is -2.12. The van der Waals surface area contributed by atoms with Crippen molar-refractivity contribution in [1.29, 1.82) is 0 Å². The number of methoxy groups -OCH3 is 3. The molecule has 8 nitrogen and oxygen atoms in total. The topological polar surface area (TPSA) is 98.2 Å². The molecule has 164 valence electrons. The average molecular weight is 433 g/mol. The first-order chi connectivity index (χ1) is 15.5. The highest BCUT2D eigenvalue weighted by molar-refractivity contribution is 6.09. The molecule has 0 fully saturated rings. The third-order valence-corrected chi connectivity index (χ3v) is 4.54. The van der Waals surface area contributed by atoms with Gasteiger partial charge in [0.1, 0.15) is 5.75 Å². The smallest absolute Gasteiger partial charge is 0.273 e. The van der Waals surface area contributed by atoms with Gasteiger partial charge in [-0.05, 0) is 48.0 Å². The fourth-order valence-electron chi connectivity index (χ4n) is 2.91. The van der Waals surface area contributed by atoms with Crippen LogP contribution < -0.4 is 25.0 Å². The van der Waals surface area contributed by atoms with Crippen molar-refractivity contribution in [3.05, 3.63) is 83.4 Å². The number of rotatable bonds is 8. The van der Waals surface area contributed by atoms with Crippen molar-refractivity contribution >= 4 is 23.7 Å². The number of hydrogen-bond donors (Lipinski definition) is 2. The standard InChI is InChI=1S/C24H23N3O5/c1-30-18-8-6-7-16(13-18)15-25-27-24(29)19-9-4-5-10-20(19)26-23(28)17-11-12-21(31-2)22(14-17)32-3/h4-15H,1-3H3,(H,26,28)(H,27,29). The predicted molar refractivity (Wildman–Crippen MR) is 122 cm³/mol. The number of nitrogens with zero attached hydrogens (tertiary/aromatic N) is 1. The molecule has 0 aliphatic rings. The molecule has 0 spiro atoms. The average Bonchev–Trinajstić information content (AvgIpc) is 2.83. The second-order valence-electron chi connectivity index (χ2n) is 6.55. The Labute approximate surface area is 185 Å². The van der Waals surface area contributed by atoms with E-state index in [0.29, 0.717) is 28.5 Å². The maximum Gasteiger partial charge on any atom is 0.273 e. The van der Waals surface area contributed by atoms with E-state index >= 15 is 0 Å². The van der Waals surface area contributed by atoms with E-state index in [1.54, 1.807) is 55.6 Å². The summed E-state index contributed by atoms with van der Waals surface area (Å²) in [5.41, 5.74) is 4.21. The van der Waals surface area contributed by atoms with Crippen LogP contribution in [0.4, 0.5) is 5.69 Å². The Kier molecular flexibility index (Phi) is 7.42.